The van der Waals surface area contributed by atoms with Gasteiger partial charge in [0.15, 0.2) is 11.6 Å². The van der Waals surface area contributed by atoms with Crippen molar-refractivity contribution in [3.8, 4) is 28.3 Å². The van der Waals surface area contributed by atoms with Gasteiger partial charge in [0.05, 0.1) is 30.9 Å². The zero-order valence-electron chi connectivity index (χ0n) is 16.2. The maximum absolute atomic E-state index is 13.7. The summed E-state index contributed by atoms with van der Waals surface area (Å²) in [5, 5.41) is 8.15. The fourth-order valence-electron chi connectivity index (χ4n) is 3.18. The molecule has 0 saturated carbocycles. The first kappa shape index (κ1) is 19.6. The number of aromatic nitrogens is 4. The summed E-state index contributed by atoms with van der Waals surface area (Å²) < 4.78 is 32.8. The van der Waals surface area contributed by atoms with Gasteiger partial charge in [-0.25, -0.2) is 18.7 Å². The van der Waals surface area contributed by atoms with E-state index in [1.807, 2.05) is 31.2 Å². The number of benzene rings is 2. The molecule has 0 spiro atoms. The topological polar surface area (TPSA) is 60.8 Å². The minimum absolute atomic E-state index is 0.420. The smallest absolute Gasteiger partial charge is 0.159 e. The lowest BCUT2D eigenvalue weighted by Crippen LogP contribution is -1.99. The van der Waals surface area contributed by atoms with E-state index in [1.165, 1.54) is 18.3 Å². The van der Waals surface area contributed by atoms with Crippen LogP contribution in [0, 0.1) is 11.6 Å². The van der Waals surface area contributed by atoms with Crippen molar-refractivity contribution >= 4 is 0 Å². The highest BCUT2D eigenvalue weighted by molar-refractivity contribution is 5.66. The highest BCUT2D eigenvalue weighted by Crippen LogP contribution is 2.26. The molecule has 150 valence electrons. The van der Waals surface area contributed by atoms with Gasteiger partial charge in [-0.1, -0.05) is 18.2 Å². The molecule has 0 bridgehead atoms. The van der Waals surface area contributed by atoms with Crippen molar-refractivity contribution in [2.24, 2.45) is 0 Å². The van der Waals surface area contributed by atoms with E-state index in [2.05, 4.69) is 20.2 Å². The summed E-state index contributed by atoms with van der Waals surface area (Å²) in [4.78, 5) is 8.71. The Morgan fingerprint density at radius 3 is 2.40 bits per heavy atom. The molecule has 4 rings (SSSR count). The van der Waals surface area contributed by atoms with Crippen LogP contribution in [0.15, 0.2) is 67.1 Å². The van der Waals surface area contributed by atoms with Gasteiger partial charge >= 0.3 is 0 Å². The molecule has 2 aromatic heterocycles. The van der Waals surface area contributed by atoms with Crippen LogP contribution in [0.1, 0.15) is 18.2 Å². The van der Waals surface area contributed by atoms with Gasteiger partial charge < -0.3 is 4.74 Å². The molecule has 0 N–H and O–H groups in total. The molecule has 0 saturated heterocycles. The summed E-state index contributed by atoms with van der Waals surface area (Å²) >= 11 is 0. The van der Waals surface area contributed by atoms with Crippen LogP contribution in [0.25, 0.3) is 22.5 Å². The second kappa shape index (κ2) is 8.73. The van der Waals surface area contributed by atoms with Crippen molar-refractivity contribution in [2.45, 2.75) is 13.3 Å². The zero-order chi connectivity index (χ0) is 20.9. The van der Waals surface area contributed by atoms with E-state index in [1.54, 1.807) is 18.5 Å². The fraction of sp³-hybridized carbons (Fsp3) is 0.130. The summed E-state index contributed by atoms with van der Waals surface area (Å²) in [6.45, 7) is 2.45. The average molecular weight is 404 g/mol. The van der Waals surface area contributed by atoms with E-state index in [0.29, 0.717) is 41.4 Å². The number of hydrogen-bond acceptors (Lipinski definition) is 5. The van der Waals surface area contributed by atoms with Crippen molar-refractivity contribution < 1.29 is 13.5 Å². The van der Waals surface area contributed by atoms with Crippen LogP contribution < -0.4 is 4.74 Å². The molecule has 0 aliphatic rings. The first-order chi connectivity index (χ1) is 14.6. The molecule has 30 heavy (non-hydrogen) atoms. The van der Waals surface area contributed by atoms with Gasteiger partial charge in [0.1, 0.15) is 11.6 Å². The second-order valence-electron chi connectivity index (χ2n) is 6.60. The number of nitrogens with zero attached hydrogens (tertiary/aromatic N) is 4. The van der Waals surface area contributed by atoms with E-state index >= 15 is 0 Å². The molecule has 2 heterocycles. The van der Waals surface area contributed by atoms with Crippen molar-refractivity contribution in [1.82, 2.24) is 20.2 Å². The SMILES string of the molecule is CCOc1cnc(-c2cccc(Cc3nnccc3-c3cc(F)cc(F)c3)c2)nc1. The van der Waals surface area contributed by atoms with E-state index in [4.69, 9.17) is 4.74 Å². The summed E-state index contributed by atoms with van der Waals surface area (Å²) in [6.07, 6.45) is 5.22. The van der Waals surface area contributed by atoms with Crippen LogP contribution in [-0.4, -0.2) is 26.8 Å². The van der Waals surface area contributed by atoms with Gasteiger partial charge in [-0.05, 0) is 42.3 Å². The third kappa shape index (κ3) is 4.46. The molecule has 0 aliphatic heterocycles. The largest absolute Gasteiger partial charge is 0.491 e. The molecule has 4 aromatic rings. The molecule has 0 amide bonds. The summed E-state index contributed by atoms with van der Waals surface area (Å²) in [6, 6.07) is 12.8. The molecular formula is C23H18F2N4O. The third-order valence-corrected chi connectivity index (χ3v) is 4.47. The van der Waals surface area contributed by atoms with Crippen molar-refractivity contribution in [3.63, 3.8) is 0 Å². The van der Waals surface area contributed by atoms with E-state index in [-0.39, 0.29) is 0 Å². The lowest BCUT2D eigenvalue weighted by molar-refractivity contribution is 0.337. The lowest BCUT2D eigenvalue weighted by atomic mass is 9.99. The maximum Gasteiger partial charge on any atom is 0.159 e. The number of halogens is 2. The van der Waals surface area contributed by atoms with Crippen LogP contribution in [0.4, 0.5) is 8.78 Å². The maximum atomic E-state index is 13.7. The molecule has 0 aliphatic carbocycles. The van der Waals surface area contributed by atoms with Gasteiger partial charge in [-0.15, -0.1) is 0 Å². The zero-order valence-corrected chi connectivity index (χ0v) is 16.2. The van der Waals surface area contributed by atoms with Crippen molar-refractivity contribution in [1.29, 1.82) is 0 Å². The molecule has 2 aromatic carbocycles. The summed E-state index contributed by atoms with van der Waals surface area (Å²) in [7, 11) is 0. The summed E-state index contributed by atoms with van der Waals surface area (Å²) in [5.41, 5.74) is 3.46. The molecule has 5 nitrogen and oxygen atoms in total. The Balaban J connectivity index is 1.64. The standard InChI is InChI=1S/C23H18F2N4O/c1-2-30-20-13-26-23(27-14-20)16-5-3-4-15(8-16)9-22-21(6-7-28-29-22)17-10-18(24)12-19(25)11-17/h3-8,10-14H,2,9H2,1H3. The second-order valence-corrected chi connectivity index (χ2v) is 6.60. The lowest BCUT2D eigenvalue weighted by Gasteiger charge is -2.10. The van der Waals surface area contributed by atoms with Crippen LogP contribution >= 0.6 is 0 Å². The fourth-order valence-corrected chi connectivity index (χ4v) is 3.18. The summed E-state index contributed by atoms with van der Waals surface area (Å²) in [5.74, 6) is -0.0828. The predicted molar refractivity (Wildman–Crippen MR) is 109 cm³/mol. The predicted octanol–water partition coefficient (Wildman–Crippen LogP) is 4.87. The van der Waals surface area contributed by atoms with Crippen LogP contribution in [0.3, 0.4) is 0 Å². The minimum atomic E-state index is -0.637. The molecule has 0 atom stereocenters. The molecule has 0 radical (unpaired) electrons. The van der Waals surface area contributed by atoms with Crippen LogP contribution in [0.2, 0.25) is 0 Å². The highest BCUT2D eigenvalue weighted by Gasteiger charge is 2.11. The number of hydrogen-bond donors (Lipinski definition) is 0. The quantitative estimate of drug-likeness (QED) is 0.459. The van der Waals surface area contributed by atoms with E-state index < -0.39 is 11.6 Å². The van der Waals surface area contributed by atoms with Gasteiger partial charge in [-0.2, -0.15) is 10.2 Å². The van der Waals surface area contributed by atoms with E-state index in [9.17, 15) is 8.78 Å². The molecule has 7 heteroatoms. The van der Waals surface area contributed by atoms with E-state index in [0.717, 1.165) is 17.2 Å². The number of ether oxygens (including phenoxy) is 1. The Labute approximate surface area is 172 Å². The Morgan fingerprint density at radius 1 is 0.900 bits per heavy atom. The molecule has 0 unspecified atom stereocenters. The first-order valence-electron chi connectivity index (χ1n) is 9.43. The normalized spacial score (nSPS) is 10.8. The molecule has 0 fully saturated rings. The Hall–Kier alpha value is -3.74. The Morgan fingerprint density at radius 2 is 1.67 bits per heavy atom. The highest BCUT2D eigenvalue weighted by atomic mass is 19.1. The van der Waals surface area contributed by atoms with Crippen molar-refractivity contribution in [2.75, 3.05) is 6.61 Å². The Kier molecular flexibility index (Phi) is 5.70. The Bertz CT molecular complexity index is 1150. The van der Waals surface area contributed by atoms with Gasteiger partial charge in [0.2, 0.25) is 0 Å². The van der Waals surface area contributed by atoms with Gasteiger partial charge in [0, 0.05) is 23.6 Å². The first-order valence-corrected chi connectivity index (χ1v) is 9.43. The third-order valence-electron chi connectivity index (χ3n) is 4.47. The van der Waals surface area contributed by atoms with Gasteiger partial charge in [0.25, 0.3) is 0 Å². The van der Waals surface area contributed by atoms with Crippen molar-refractivity contribution in [3.05, 3.63) is 90.0 Å². The molecular weight excluding hydrogens is 386 g/mol. The average Bonchev–Trinajstić information content (AvgIpc) is 2.74. The minimum Gasteiger partial charge on any atom is -0.491 e. The van der Waals surface area contributed by atoms with Crippen LogP contribution in [0.5, 0.6) is 5.75 Å². The van der Waals surface area contributed by atoms with Gasteiger partial charge in [-0.3, -0.25) is 0 Å². The monoisotopic (exact) mass is 404 g/mol. The number of rotatable bonds is 6. The van der Waals surface area contributed by atoms with Crippen LogP contribution in [-0.2, 0) is 6.42 Å².